The van der Waals surface area contributed by atoms with Gasteiger partial charge < -0.3 is 9.47 Å². The fourth-order valence-corrected chi connectivity index (χ4v) is 3.00. The van der Waals surface area contributed by atoms with E-state index in [4.69, 9.17) is 9.47 Å². The van der Waals surface area contributed by atoms with Crippen LogP contribution in [0.25, 0.3) is 11.0 Å². The predicted octanol–water partition coefficient (Wildman–Crippen LogP) is 3.53. The molecule has 0 N–H and O–H groups in total. The summed E-state index contributed by atoms with van der Waals surface area (Å²) in [5.74, 6) is 0.638. The molecule has 3 heterocycles. The summed E-state index contributed by atoms with van der Waals surface area (Å²) in [6.45, 7) is 2.17. The van der Waals surface area contributed by atoms with Gasteiger partial charge in [-0.25, -0.2) is 4.98 Å². The lowest BCUT2D eigenvalue weighted by Crippen LogP contribution is -2.25. The van der Waals surface area contributed by atoms with Crippen LogP contribution in [0.15, 0.2) is 24.4 Å². The first-order valence-corrected chi connectivity index (χ1v) is 7.70. The molecule has 112 valence electrons. The van der Waals surface area contributed by atoms with Crippen molar-refractivity contribution in [2.45, 2.75) is 51.2 Å². The van der Waals surface area contributed by atoms with Crippen LogP contribution in [-0.2, 0) is 11.2 Å². The van der Waals surface area contributed by atoms with Crippen molar-refractivity contribution in [1.29, 1.82) is 0 Å². The molecule has 0 saturated carbocycles. The number of methoxy groups -OCH3 is 1. The summed E-state index contributed by atoms with van der Waals surface area (Å²) in [7, 11) is 1.64. The van der Waals surface area contributed by atoms with Gasteiger partial charge in [-0.2, -0.15) is 0 Å². The van der Waals surface area contributed by atoms with E-state index < -0.39 is 0 Å². The fraction of sp³-hybridized carbons (Fsp3) is 0.529. The van der Waals surface area contributed by atoms with Gasteiger partial charge in [0.1, 0.15) is 0 Å². The van der Waals surface area contributed by atoms with Crippen LogP contribution in [0.4, 0.5) is 0 Å². The van der Waals surface area contributed by atoms with Crippen molar-refractivity contribution in [1.82, 2.24) is 9.97 Å². The monoisotopic (exact) mass is 286 g/mol. The van der Waals surface area contributed by atoms with Crippen molar-refractivity contribution in [3.8, 4) is 5.88 Å². The third-order valence-electron chi connectivity index (χ3n) is 4.15. The quantitative estimate of drug-likeness (QED) is 0.862. The Morgan fingerprint density at radius 1 is 1.29 bits per heavy atom. The normalized spacial score (nSPS) is 22.4. The van der Waals surface area contributed by atoms with Gasteiger partial charge in [-0.05, 0) is 56.7 Å². The molecule has 0 radical (unpaired) electrons. The second-order valence-corrected chi connectivity index (χ2v) is 5.73. The number of aromatic nitrogens is 2. The number of nitrogens with zero attached hydrogens (tertiary/aromatic N) is 2. The molecule has 0 aromatic carbocycles. The highest BCUT2D eigenvalue weighted by atomic mass is 16.5. The summed E-state index contributed by atoms with van der Waals surface area (Å²) in [6, 6.07) is 5.87. The van der Waals surface area contributed by atoms with Crippen LogP contribution in [0.5, 0.6) is 5.88 Å². The molecule has 3 rings (SSSR count). The van der Waals surface area contributed by atoms with Gasteiger partial charge in [0.25, 0.3) is 0 Å². The number of aryl methyl sites for hydroxylation is 1. The Kier molecular flexibility index (Phi) is 4.34. The molecule has 1 saturated heterocycles. The van der Waals surface area contributed by atoms with Crippen LogP contribution in [0, 0.1) is 0 Å². The molecule has 1 aliphatic heterocycles. The van der Waals surface area contributed by atoms with E-state index in [1.54, 1.807) is 7.11 Å². The van der Waals surface area contributed by atoms with Gasteiger partial charge in [-0.3, -0.25) is 4.98 Å². The smallest absolute Gasteiger partial charge is 0.213 e. The van der Waals surface area contributed by atoms with E-state index in [0.29, 0.717) is 18.1 Å². The first-order valence-electron chi connectivity index (χ1n) is 7.70. The Balaban J connectivity index is 1.76. The van der Waals surface area contributed by atoms with Crippen LogP contribution in [0.3, 0.4) is 0 Å². The van der Waals surface area contributed by atoms with Crippen LogP contribution in [-0.4, -0.2) is 29.3 Å². The molecule has 0 amide bonds. The zero-order chi connectivity index (χ0) is 14.7. The lowest BCUT2D eigenvalue weighted by Gasteiger charge is -2.27. The molecule has 0 spiro atoms. The standard InChI is InChI=1S/C17H22N2O2/c1-12-4-3-5-14(21-12)7-6-13-10-11-18-15-8-9-16(20-2)19-17(13)15/h8-12,14H,3-7H2,1-2H3. The van der Waals surface area contributed by atoms with Crippen LogP contribution >= 0.6 is 0 Å². The van der Waals surface area contributed by atoms with Crippen LogP contribution < -0.4 is 4.74 Å². The highest BCUT2D eigenvalue weighted by molar-refractivity contribution is 5.78. The Bertz CT molecular complexity index is 615. The zero-order valence-electron chi connectivity index (χ0n) is 12.7. The topological polar surface area (TPSA) is 44.2 Å². The molecule has 1 aliphatic rings. The summed E-state index contributed by atoms with van der Waals surface area (Å²) < 4.78 is 11.2. The molecule has 0 aliphatic carbocycles. The van der Waals surface area contributed by atoms with E-state index in [0.717, 1.165) is 23.9 Å². The van der Waals surface area contributed by atoms with Crippen molar-refractivity contribution >= 4 is 11.0 Å². The van der Waals surface area contributed by atoms with Gasteiger partial charge in [0.05, 0.1) is 30.4 Å². The average molecular weight is 286 g/mol. The number of rotatable bonds is 4. The maximum absolute atomic E-state index is 6.00. The first-order chi connectivity index (χ1) is 10.3. The number of hydrogen-bond acceptors (Lipinski definition) is 4. The molecule has 2 atom stereocenters. The minimum Gasteiger partial charge on any atom is -0.481 e. The number of fused-ring (bicyclic) bond motifs is 1. The first kappa shape index (κ1) is 14.3. The lowest BCUT2D eigenvalue weighted by molar-refractivity contribution is -0.0428. The second kappa shape index (κ2) is 6.39. The minimum atomic E-state index is 0.377. The molecule has 4 heteroatoms. The molecule has 2 aromatic rings. The van der Waals surface area contributed by atoms with E-state index in [1.807, 2.05) is 18.3 Å². The third kappa shape index (κ3) is 3.32. The summed E-state index contributed by atoms with van der Waals surface area (Å²) in [5.41, 5.74) is 3.09. The van der Waals surface area contributed by atoms with Crippen LogP contribution in [0.1, 0.15) is 38.2 Å². The van der Waals surface area contributed by atoms with Gasteiger partial charge in [0, 0.05) is 12.3 Å². The van der Waals surface area contributed by atoms with Gasteiger partial charge in [-0.15, -0.1) is 0 Å². The second-order valence-electron chi connectivity index (χ2n) is 5.73. The van der Waals surface area contributed by atoms with Crippen molar-refractivity contribution in [3.05, 3.63) is 30.0 Å². The fourth-order valence-electron chi connectivity index (χ4n) is 3.00. The summed E-state index contributed by atoms with van der Waals surface area (Å²) in [5, 5.41) is 0. The number of ether oxygens (including phenoxy) is 2. The summed E-state index contributed by atoms with van der Waals surface area (Å²) >= 11 is 0. The van der Waals surface area contributed by atoms with Crippen LogP contribution in [0.2, 0.25) is 0 Å². The van der Waals surface area contributed by atoms with E-state index in [1.165, 1.54) is 24.8 Å². The molecule has 4 nitrogen and oxygen atoms in total. The van der Waals surface area contributed by atoms with E-state index >= 15 is 0 Å². The van der Waals surface area contributed by atoms with Gasteiger partial charge in [-0.1, -0.05) is 0 Å². The van der Waals surface area contributed by atoms with Gasteiger partial charge in [0.15, 0.2) is 0 Å². The molecular formula is C17H22N2O2. The van der Waals surface area contributed by atoms with E-state index in [2.05, 4.69) is 23.0 Å². The molecular weight excluding hydrogens is 264 g/mol. The lowest BCUT2D eigenvalue weighted by atomic mass is 9.99. The van der Waals surface area contributed by atoms with Crippen molar-refractivity contribution in [3.63, 3.8) is 0 Å². The highest BCUT2D eigenvalue weighted by Gasteiger charge is 2.19. The molecule has 0 bridgehead atoms. The zero-order valence-corrected chi connectivity index (χ0v) is 12.7. The van der Waals surface area contributed by atoms with Crippen molar-refractivity contribution < 1.29 is 9.47 Å². The number of hydrogen-bond donors (Lipinski definition) is 0. The van der Waals surface area contributed by atoms with Gasteiger partial charge >= 0.3 is 0 Å². The average Bonchev–Trinajstić information content (AvgIpc) is 2.52. The Morgan fingerprint density at radius 2 is 2.19 bits per heavy atom. The molecule has 1 fully saturated rings. The Hall–Kier alpha value is -1.68. The summed E-state index contributed by atoms with van der Waals surface area (Å²) in [4.78, 5) is 8.92. The number of pyridine rings is 2. The Labute approximate surface area is 125 Å². The minimum absolute atomic E-state index is 0.377. The SMILES string of the molecule is COc1ccc2nccc(CCC3CCCC(C)O3)c2n1. The van der Waals surface area contributed by atoms with E-state index in [9.17, 15) is 0 Å². The molecule has 21 heavy (non-hydrogen) atoms. The maximum Gasteiger partial charge on any atom is 0.213 e. The van der Waals surface area contributed by atoms with Crippen molar-refractivity contribution in [2.75, 3.05) is 7.11 Å². The van der Waals surface area contributed by atoms with Gasteiger partial charge in [0.2, 0.25) is 5.88 Å². The summed E-state index contributed by atoms with van der Waals surface area (Å²) in [6.07, 6.45) is 8.28. The molecule has 2 aromatic heterocycles. The largest absolute Gasteiger partial charge is 0.481 e. The molecule has 2 unspecified atom stereocenters. The Morgan fingerprint density at radius 3 is 3.00 bits per heavy atom. The van der Waals surface area contributed by atoms with E-state index in [-0.39, 0.29) is 0 Å². The maximum atomic E-state index is 6.00. The predicted molar refractivity (Wildman–Crippen MR) is 82.6 cm³/mol. The third-order valence-corrected chi connectivity index (χ3v) is 4.15. The van der Waals surface area contributed by atoms with Crippen molar-refractivity contribution in [2.24, 2.45) is 0 Å². The highest BCUT2D eigenvalue weighted by Crippen LogP contribution is 2.24.